The molecule has 16 heavy (non-hydrogen) atoms. The number of hydrogen-bond donors (Lipinski definition) is 1. The van der Waals surface area contributed by atoms with Gasteiger partial charge in [-0.25, -0.2) is 4.98 Å². The normalized spacial score (nSPS) is 20.4. The number of aryl methyl sites for hydroxylation is 2. The molecule has 0 saturated carbocycles. The summed E-state index contributed by atoms with van der Waals surface area (Å²) in [7, 11) is 2.01. The summed E-state index contributed by atoms with van der Waals surface area (Å²) >= 11 is 0. The van der Waals surface area contributed by atoms with Crippen molar-refractivity contribution >= 4 is 5.82 Å². The minimum absolute atomic E-state index is 0.744. The minimum Gasteiger partial charge on any atom is -0.355 e. The standard InChI is InChI=1S/C12H20N4/c1-9-10(2)15-12(7-14-9)16-5-4-11(8-16)6-13-3/h7,11,13H,4-6,8H2,1-3H3. The molecule has 4 heteroatoms. The van der Waals surface area contributed by atoms with Crippen LogP contribution in [0, 0.1) is 19.8 Å². The minimum atomic E-state index is 0.744. The predicted octanol–water partition coefficient (Wildman–Crippen LogP) is 1.14. The highest BCUT2D eigenvalue weighted by atomic mass is 15.2. The summed E-state index contributed by atoms with van der Waals surface area (Å²) < 4.78 is 0. The highest BCUT2D eigenvalue weighted by Gasteiger charge is 2.23. The topological polar surface area (TPSA) is 41.0 Å². The summed E-state index contributed by atoms with van der Waals surface area (Å²) in [5, 5.41) is 3.24. The maximum absolute atomic E-state index is 4.59. The van der Waals surface area contributed by atoms with Gasteiger partial charge < -0.3 is 10.2 Å². The molecular formula is C12H20N4. The fraction of sp³-hybridized carbons (Fsp3) is 0.667. The third-order valence-corrected chi connectivity index (χ3v) is 3.28. The van der Waals surface area contributed by atoms with E-state index in [1.54, 1.807) is 0 Å². The molecule has 2 heterocycles. The molecule has 0 aromatic carbocycles. The van der Waals surface area contributed by atoms with E-state index < -0.39 is 0 Å². The summed E-state index contributed by atoms with van der Waals surface area (Å²) in [4.78, 5) is 11.3. The lowest BCUT2D eigenvalue weighted by Gasteiger charge is -2.17. The molecule has 1 aromatic rings. The number of nitrogens with zero attached hydrogens (tertiary/aromatic N) is 3. The summed E-state index contributed by atoms with van der Waals surface area (Å²) in [5.74, 6) is 1.77. The molecule has 1 saturated heterocycles. The van der Waals surface area contributed by atoms with Crippen LogP contribution >= 0.6 is 0 Å². The molecule has 2 rings (SSSR count). The lowest BCUT2D eigenvalue weighted by molar-refractivity contribution is 0.549. The Morgan fingerprint density at radius 2 is 2.25 bits per heavy atom. The molecule has 1 aliphatic rings. The molecule has 0 bridgehead atoms. The van der Waals surface area contributed by atoms with Crippen LogP contribution in [0.25, 0.3) is 0 Å². The number of rotatable bonds is 3. The molecule has 4 nitrogen and oxygen atoms in total. The molecule has 88 valence electrons. The van der Waals surface area contributed by atoms with Crippen molar-refractivity contribution in [2.75, 3.05) is 31.6 Å². The first-order valence-electron chi connectivity index (χ1n) is 5.90. The van der Waals surface area contributed by atoms with E-state index in [0.717, 1.165) is 42.8 Å². The summed E-state index contributed by atoms with van der Waals surface area (Å²) in [6.07, 6.45) is 3.14. The maximum atomic E-state index is 4.59. The van der Waals surface area contributed by atoms with Gasteiger partial charge in [-0.15, -0.1) is 0 Å². The van der Waals surface area contributed by atoms with Crippen molar-refractivity contribution < 1.29 is 0 Å². The maximum Gasteiger partial charge on any atom is 0.147 e. The quantitative estimate of drug-likeness (QED) is 0.829. The first-order chi connectivity index (χ1) is 7.70. The molecule has 0 radical (unpaired) electrons. The van der Waals surface area contributed by atoms with Crippen molar-refractivity contribution in [3.05, 3.63) is 17.6 Å². The van der Waals surface area contributed by atoms with Crippen LogP contribution in [0.1, 0.15) is 17.8 Å². The number of aromatic nitrogens is 2. The van der Waals surface area contributed by atoms with Gasteiger partial charge in [0.15, 0.2) is 0 Å². The van der Waals surface area contributed by atoms with Gasteiger partial charge >= 0.3 is 0 Å². The first-order valence-corrected chi connectivity index (χ1v) is 5.90. The second kappa shape index (κ2) is 4.78. The molecule has 1 fully saturated rings. The van der Waals surface area contributed by atoms with Crippen LogP contribution in [-0.4, -0.2) is 36.6 Å². The Kier molecular flexibility index (Phi) is 3.39. The average Bonchev–Trinajstić information content (AvgIpc) is 2.71. The fourth-order valence-electron chi connectivity index (χ4n) is 2.18. The Morgan fingerprint density at radius 3 is 2.94 bits per heavy atom. The lowest BCUT2D eigenvalue weighted by Crippen LogP contribution is -2.25. The molecule has 1 aliphatic heterocycles. The highest BCUT2D eigenvalue weighted by Crippen LogP contribution is 2.21. The van der Waals surface area contributed by atoms with Gasteiger partial charge in [0, 0.05) is 13.1 Å². The van der Waals surface area contributed by atoms with Crippen molar-refractivity contribution in [1.82, 2.24) is 15.3 Å². The largest absolute Gasteiger partial charge is 0.355 e. The van der Waals surface area contributed by atoms with Crippen molar-refractivity contribution in [3.63, 3.8) is 0 Å². The molecular weight excluding hydrogens is 200 g/mol. The lowest BCUT2D eigenvalue weighted by atomic mass is 10.1. The zero-order valence-corrected chi connectivity index (χ0v) is 10.3. The summed E-state index contributed by atoms with van der Waals surface area (Å²) in [6, 6.07) is 0. The molecule has 1 aromatic heterocycles. The third kappa shape index (κ3) is 2.32. The number of anilines is 1. The molecule has 1 N–H and O–H groups in total. The Morgan fingerprint density at radius 1 is 1.44 bits per heavy atom. The van der Waals surface area contributed by atoms with Gasteiger partial charge in [0.1, 0.15) is 5.82 Å². The monoisotopic (exact) mass is 220 g/mol. The second-order valence-electron chi connectivity index (χ2n) is 4.56. The Bertz CT molecular complexity index is 364. The van der Waals surface area contributed by atoms with Crippen LogP contribution in [0.2, 0.25) is 0 Å². The molecule has 1 atom stereocenters. The van der Waals surface area contributed by atoms with E-state index in [9.17, 15) is 0 Å². The molecule has 0 amide bonds. The number of nitrogens with one attached hydrogen (secondary N) is 1. The molecule has 0 spiro atoms. The van der Waals surface area contributed by atoms with Crippen molar-refractivity contribution in [3.8, 4) is 0 Å². The smallest absolute Gasteiger partial charge is 0.147 e. The first kappa shape index (κ1) is 11.3. The van der Waals surface area contributed by atoms with Crippen LogP contribution in [0.15, 0.2) is 6.20 Å². The van der Waals surface area contributed by atoms with Crippen LogP contribution in [0.5, 0.6) is 0 Å². The van der Waals surface area contributed by atoms with Gasteiger partial charge in [-0.3, -0.25) is 4.98 Å². The van der Waals surface area contributed by atoms with E-state index in [-0.39, 0.29) is 0 Å². The van der Waals surface area contributed by atoms with Gasteiger partial charge in [0.25, 0.3) is 0 Å². The average molecular weight is 220 g/mol. The Labute approximate surface area is 97.1 Å². The molecule has 1 unspecified atom stereocenters. The van der Waals surface area contributed by atoms with E-state index >= 15 is 0 Å². The van der Waals surface area contributed by atoms with E-state index in [4.69, 9.17) is 0 Å². The zero-order chi connectivity index (χ0) is 11.5. The summed E-state index contributed by atoms with van der Waals surface area (Å²) in [6.45, 7) is 7.31. The van der Waals surface area contributed by atoms with E-state index in [1.807, 2.05) is 27.1 Å². The van der Waals surface area contributed by atoms with Gasteiger partial charge in [-0.1, -0.05) is 0 Å². The SMILES string of the molecule is CNCC1CCN(c2cnc(C)c(C)n2)C1. The van der Waals surface area contributed by atoms with E-state index in [2.05, 4.69) is 20.2 Å². The summed E-state index contributed by atoms with van der Waals surface area (Å²) in [5.41, 5.74) is 2.06. The zero-order valence-electron chi connectivity index (χ0n) is 10.3. The fourth-order valence-corrected chi connectivity index (χ4v) is 2.18. The van der Waals surface area contributed by atoms with Crippen LogP contribution in [0.3, 0.4) is 0 Å². The van der Waals surface area contributed by atoms with Gasteiger partial charge in [-0.05, 0) is 39.8 Å². The van der Waals surface area contributed by atoms with Gasteiger partial charge in [0.05, 0.1) is 17.6 Å². The second-order valence-corrected chi connectivity index (χ2v) is 4.56. The van der Waals surface area contributed by atoms with Gasteiger partial charge in [0.2, 0.25) is 0 Å². The van der Waals surface area contributed by atoms with E-state index in [1.165, 1.54) is 6.42 Å². The van der Waals surface area contributed by atoms with Crippen molar-refractivity contribution in [2.24, 2.45) is 5.92 Å². The predicted molar refractivity (Wildman–Crippen MR) is 65.8 cm³/mol. The van der Waals surface area contributed by atoms with Crippen LogP contribution in [0.4, 0.5) is 5.82 Å². The van der Waals surface area contributed by atoms with Gasteiger partial charge in [-0.2, -0.15) is 0 Å². The van der Waals surface area contributed by atoms with Crippen molar-refractivity contribution in [1.29, 1.82) is 0 Å². The van der Waals surface area contributed by atoms with Crippen molar-refractivity contribution in [2.45, 2.75) is 20.3 Å². The Hall–Kier alpha value is -1.16. The van der Waals surface area contributed by atoms with E-state index in [0.29, 0.717) is 0 Å². The van der Waals surface area contributed by atoms with Crippen LogP contribution in [-0.2, 0) is 0 Å². The molecule has 0 aliphatic carbocycles. The Balaban J connectivity index is 2.05. The van der Waals surface area contributed by atoms with Crippen LogP contribution < -0.4 is 10.2 Å². The highest BCUT2D eigenvalue weighted by molar-refractivity contribution is 5.38. The number of hydrogen-bond acceptors (Lipinski definition) is 4. The third-order valence-electron chi connectivity index (χ3n) is 3.28.